The molecule has 18 heavy (non-hydrogen) atoms. The molecule has 0 amide bonds. The summed E-state index contributed by atoms with van der Waals surface area (Å²) < 4.78 is 5.48. The van der Waals surface area contributed by atoms with Crippen molar-refractivity contribution >= 4 is 5.69 Å². The van der Waals surface area contributed by atoms with Crippen LogP contribution in [0.25, 0.3) is 0 Å². The highest BCUT2D eigenvalue weighted by atomic mass is 16.5. The van der Waals surface area contributed by atoms with Crippen LogP contribution in [-0.2, 0) is 0 Å². The zero-order valence-corrected chi connectivity index (χ0v) is 11.9. The second-order valence-corrected chi connectivity index (χ2v) is 5.72. The number of aryl methyl sites for hydroxylation is 1. The Morgan fingerprint density at radius 2 is 2.06 bits per heavy atom. The van der Waals surface area contributed by atoms with Crippen LogP contribution in [0.1, 0.15) is 25.8 Å². The molecular weight excluding hydrogens is 224 g/mol. The molecule has 1 aromatic carbocycles. The van der Waals surface area contributed by atoms with Crippen molar-refractivity contribution in [3.63, 3.8) is 0 Å². The van der Waals surface area contributed by atoms with Gasteiger partial charge in [-0.05, 0) is 44.9 Å². The van der Waals surface area contributed by atoms with Gasteiger partial charge < -0.3 is 15.0 Å². The van der Waals surface area contributed by atoms with Crippen LogP contribution >= 0.6 is 0 Å². The zero-order valence-electron chi connectivity index (χ0n) is 11.9. The number of nitrogens with one attached hydrogen (secondary N) is 1. The molecule has 0 bridgehead atoms. The van der Waals surface area contributed by atoms with Crippen LogP contribution < -0.4 is 15.0 Å². The number of rotatable bonds is 2. The predicted octanol–water partition coefficient (Wildman–Crippen LogP) is 2.58. The van der Waals surface area contributed by atoms with Crippen LogP contribution in [0.2, 0.25) is 0 Å². The molecule has 1 N–H and O–H groups in total. The Kier molecular flexibility index (Phi) is 3.81. The highest BCUT2D eigenvalue weighted by molar-refractivity contribution is 5.60. The molecule has 0 aliphatic carbocycles. The molecule has 1 aromatic rings. The van der Waals surface area contributed by atoms with Crippen LogP contribution in [0, 0.1) is 6.92 Å². The molecule has 0 saturated carbocycles. The van der Waals surface area contributed by atoms with Crippen molar-refractivity contribution in [1.29, 1.82) is 0 Å². The normalized spacial score (nSPS) is 19.4. The van der Waals surface area contributed by atoms with Crippen LogP contribution in [-0.4, -0.2) is 32.3 Å². The third-order valence-electron chi connectivity index (χ3n) is 3.67. The summed E-state index contributed by atoms with van der Waals surface area (Å²) in [7, 11) is 1.74. The smallest absolute Gasteiger partial charge is 0.142 e. The Labute approximate surface area is 110 Å². The van der Waals surface area contributed by atoms with E-state index >= 15 is 0 Å². The van der Waals surface area contributed by atoms with Gasteiger partial charge in [0, 0.05) is 25.2 Å². The van der Waals surface area contributed by atoms with Crippen molar-refractivity contribution in [2.24, 2.45) is 0 Å². The van der Waals surface area contributed by atoms with Gasteiger partial charge in [-0.1, -0.05) is 6.07 Å². The van der Waals surface area contributed by atoms with Crippen molar-refractivity contribution in [3.05, 3.63) is 23.8 Å². The van der Waals surface area contributed by atoms with Crippen molar-refractivity contribution in [3.8, 4) is 5.75 Å². The quantitative estimate of drug-likeness (QED) is 0.870. The van der Waals surface area contributed by atoms with Gasteiger partial charge in [0.05, 0.1) is 12.8 Å². The van der Waals surface area contributed by atoms with E-state index in [1.165, 1.54) is 11.3 Å². The highest BCUT2D eigenvalue weighted by Gasteiger charge is 2.23. The van der Waals surface area contributed by atoms with Crippen LogP contribution in [0.3, 0.4) is 0 Å². The van der Waals surface area contributed by atoms with E-state index in [2.05, 4.69) is 49.2 Å². The summed E-state index contributed by atoms with van der Waals surface area (Å²) in [5.41, 5.74) is 2.73. The number of methoxy groups -OCH3 is 1. The summed E-state index contributed by atoms with van der Waals surface area (Å²) in [6.07, 6.45) is 1.14. The fourth-order valence-electron chi connectivity index (χ4n) is 2.43. The Bertz CT molecular complexity index is 415. The summed E-state index contributed by atoms with van der Waals surface area (Å²) in [4.78, 5) is 2.42. The number of hydrogen-bond donors (Lipinski definition) is 1. The van der Waals surface area contributed by atoms with Crippen LogP contribution in [0.4, 0.5) is 5.69 Å². The van der Waals surface area contributed by atoms with Gasteiger partial charge in [0.25, 0.3) is 0 Å². The molecule has 2 rings (SSSR count). The van der Waals surface area contributed by atoms with Crippen molar-refractivity contribution in [1.82, 2.24) is 5.32 Å². The van der Waals surface area contributed by atoms with Gasteiger partial charge >= 0.3 is 0 Å². The Balaban J connectivity index is 2.23. The highest BCUT2D eigenvalue weighted by Crippen LogP contribution is 2.30. The summed E-state index contributed by atoms with van der Waals surface area (Å²) in [5, 5.41) is 3.59. The summed E-state index contributed by atoms with van der Waals surface area (Å²) in [6, 6.07) is 6.38. The van der Waals surface area contributed by atoms with Crippen molar-refractivity contribution in [2.75, 3.05) is 31.6 Å². The van der Waals surface area contributed by atoms with Crippen molar-refractivity contribution in [2.45, 2.75) is 32.7 Å². The molecule has 1 aliphatic heterocycles. The Hall–Kier alpha value is -1.22. The van der Waals surface area contributed by atoms with Gasteiger partial charge in [-0.3, -0.25) is 0 Å². The lowest BCUT2D eigenvalue weighted by molar-refractivity contribution is 0.394. The maximum absolute atomic E-state index is 5.48. The van der Waals surface area contributed by atoms with E-state index in [-0.39, 0.29) is 5.54 Å². The van der Waals surface area contributed by atoms with Gasteiger partial charge in [0.2, 0.25) is 0 Å². The Morgan fingerprint density at radius 1 is 1.28 bits per heavy atom. The first-order valence-electron chi connectivity index (χ1n) is 6.66. The fourth-order valence-corrected chi connectivity index (χ4v) is 2.43. The Morgan fingerprint density at radius 3 is 2.78 bits per heavy atom. The van der Waals surface area contributed by atoms with E-state index in [1.807, 2.05) is 0 Å². The van der Waals surface area contributed by atoms with E-state index < -0.39 is 0 Å². The third-order valence-corrected chi connectivity index (χ3v) is 3.67. The monoisotopic (exact) mass is 248 g/mol. The lowest BCUT2D eigenvalue weighted by Crippen LogP contribution is -2.39. The number of hydrogen-bond acceptors (Lipinski definition) is 3. The molecule has 1 aliphatic rings. The topological polar surface area (TPSA) is 24.5 Å². The van der Waals surface area contributed by atoms with E-state index in [0.717, 1.165) is 31.8 Å². The number of benzene rings is 1. The van der Waals surface area contributed by atoms with Crippen molar-refractivity contribution < 1.29 is 4.74 Å². The molecule has 0 atom stereocenters. The molecule has 0 radical (unpaired) electrons. The molecule has 0 aromatic heterocycles. The van der Waals surface area contributed by atoms with Gasteiger partial charge in [-0.25, -0.2) is 0 Å². The minimum atomic E-state index is 0.228. The molecule has 100 valence electrons. The molecule has 0 unspecified atom stereocenters. The maximum Gasteiger partial charge on any atom is 0.142 e. The molecular formula is C15H24N2O. The van der Waals surface area contributed by atoms with Gasteiger partial charge in [0.15, 0.2) is 0 Å². The van der Waals surface area contributed by atoms with Crippen LogP contribution in [0.5, 0.6) is 5.75 Å². The molecule has 3 nitrogen and oxygen atoms in total. The number of nitrogens with zero attached hydrogens (tertiary/aromatic N) is 1. The predicted molar refractivity (Wildman–Crippen MR) is 76.6 cm³/mol. The SMILES string of the molecule is COc1ccc(C)cc1N1CCNC(C)(C)CC1. The minimum Gasteiger partial charge on any atom is -0.495 e. The third kappa shape index (κ3) is 2.96. The molecule has 1 heterocycles. The molecule has 0 spiro atoms. The fraction of sp³-hybridized carbons (Fsp3) is 0.600. The van der Waals surface area contributed by atoms with E-state index in [4.69, 9.17) is 4.74 Å². The second kappa shape index (κ2) is 5.19. The second-order valence-electron chi connectivity index (χ2n) is 5.72. The first-order chi connectivity index (χ1) is 8.52. The first-order valence-corrected chi connectivity index (χ1v) is 6.66. The number of anilines is 1. The summed E-state index contributed by atoms with van der Waals surface area (Å²) in [5.74, 6) is 0.973. The van der Waals surface area contributed by atoms with E-state index in [1.54, 1.807) is 7.11 Å². The van der Waals surface area contributed by atoms with Gasteiger partial charge in [-0.15, -0.1) is 0 Å². The lowest BCUT2D eigenvalue weighted by atomic mass is 10.0. The maximum atomic E-state index is 5.48. The molecule has 1 saturated heterocycles. The number of ether oxygens (including phenoxy) is 1. The average molecular weight is 248 g/mol. The van der Waals surface area contributed by atoms with E-state index in [0.29, 0.717) is 0 Å². The van der Waals surface area contributed by atoms with E-state index in [9.17, 15) is 0 Å². The zero-order chi connectivity index (χ0) is 13.2. The molecule has 1 fully saturated rings. The summed E-state index contributed by atoms with van der Waals surface area (Å²) in [6.45, 7) is 9.78. The standard InChI is InChI=1S/C15H24N2O/c1-12-5-6-14(18-4)13(11-12)17-9-7-15(2,3)16-8-10-17/h5-6,11,16H,7-10H2,1-4H3. The van der Waals surface area contributed by atoms with Gasteiger partial charge in [0.1, 0.15) is 5.75 Å². The average Bonchev–Trinajstić information content (AvgIpc) is 2.50. The minimum absolute atomic E-state index is 0.228. The molecule has 3 heteroatoms. The largest absolute Gasteiger partial charge is 0.495 e. The first kappa shape index (κ1) is 13.2. The van der Waals surface area contributed by atoms with Crippen LogP contribution in [0.15, 0.2) is 18.2 Å². The lowest BCUT2D eigenvalue weighted by Gasteiger charge is -2.26. The van der Waals surface area contributed by atoms with Gasteiger partial charge in [-0.2, -0.15) is 0 Å². The summed E-state index contributed by atoms with van der Waals surface area (Å²) >= 11 is 0.